The predicted molar refractivity (Wildman–Crippen MR) is 178 cm³/mol. The van der Waals surface area contributed by atoms with E-state index in [1.54, 1.807) is 13.8 Å². The minimum atomic E-state index is -0.706. The topological polar surface area (TPSA) is 108 Å². The number of carbonyl (C=O) groups excluding carboxylic acids is 2. The summed E-state index contributed by atoms with van der Waals surface area (Å²) in [4.78, 5) is 31.0. The van der Waals surface area contributed by atoms with Crippen molar-refractivity contribution in [3.05, 3.63) is 12.7 Å². The second kappa shape index (κ2) is 65.3. The number of ether oxygens (including phenoxy) is 4. The smallest absolute Gasteiger partial charge is 0.332 e. The summed E-state index contributed by atoms with van der Waals surface area (Å²) < 4.78 is 19.5. The quantitative estimate of drug-likeness (QED) is 0.118. The van der Waals surface area contributed by atoms with E-state index in [9.17, 15) is 14.4 Å². The molecule has 8 nitrogen and oxygen atoms in total. The Bertz CT molecular complexity index is 447. The van der Waals surface area contributed by atoms with Crippen molar-refractivity contribution in [2.45, 2.75) is 161 Å². The summed E-state index contributed by atoms with van der Waals surface area (Å²) in [5.74, 6) is -1.55. The van der Waals surface area contributed by atoms with Gasteiger partial charge in [0.25, 0.3) is 0 Å². The molecule has 0 aromatic carbocycles. The summed E-state index contributed by atoms with van der Waals surface area (Å²) in [5, 5.41) is 8.18. The Morgan fingerprint density at radius 1 is 0.675 bits per heavy atom. The van der Waals surface area contributed by atoms with Gasteiger partial charge in [-0.2, -0.15) is 0 Å². The van der Waals surface area contributed by atoms with Crippen molar-refractivity contribution in [3.63, 3.8) is 0 Å². The van der Waals surface area contributed by atoms with Gasteiger partial charge in [0, 0.05) is 12.5 Å². The Kier molecular flexibility index (Phi) is 148. The molecule has 40 heavy (non-hydrogen) atoms. The molecule has 0 aliphatic carbocycles. The first kappa shape index (κ1) is 90.6. The molecule has 0 saturated heterocycles. The van der Waals surface area contributed by atoms with Crippen LogP contribution in [0.2, 0.25) is 0 Å². The van der Waals surface area contributed by atoms with Gasteiger partial charge < -0.3 is 24.1 Å². The zero-order chi connectivity index (χ0) is 23.2. The third kappa shape index (κ3) is 76.5. The summed E-state index contributed by atoms with van der Waals surface area (Å²) in [6.07, 6.45) is 4.38. The van der Waals surface area contributed by atoms with E-state index >= 15 is 0 Å². The molecule has 3 atom stereocenters. The Morgan fingerprint density at radius 3 is 1.20 bits per heavy atom. The normalized spacial score (nSPS) is 9.18. The van der Waals surface area contributed by atoms with Crippen LogP contribution < -0.4 is 0 Å². The van der Waals surface area contributed by atoms with Gasteiger partial charge in [-0.25, -0.2) is 4.79 Å². The maximum Gasteiger partial charge on any atom is 0.332 e. The number of hydrogen-bond donors (Lipinski definition) is 1. The van der Waals surface area contributed by atoms with E-state index in [1.165, 1.54) is 0 Å². The fourth-order valence-electron chi connectivity index (χ4n) is 0.995. The molecule has 0 rings (SSSR count). The van der Waals surface area contributed by atoms with E-state index in [4.69, 9.17) is 19.3 Å². The van der Waals surface area contributed by atoms with Crippen LogP contribution in [0, 0.1) is 5.92 Å². The monoisotopic (exact) mass is 848 g/mol. The van der Waals surface area contributed by atoms with E-state index in [0.29, 0.717) is 6.42 Å². The van der Waals surface area contributed by atoms with Crippen LogP contribution in [0.1, 0.15) is 148 Å². The molecular formula is C31H80O8Rf. The molecular weight excluding hydrogens is 767 g/mol. The first-order valence-electron chi connectivity index (χ1n) is 9.99. The van der Waals surface area contributed by atoms with Crippen LogP contribution in [0.4, 0.5) is 0 Å². The van der Waals surface area contributed by atoms with E-state index in [-0.39, 0.29) is 112 Å². The van der Waals surface area contributed by atoms with E-state index in [2.05, 4.69) is 11.3 Å². The number of esters is 2. The minimum Gasteiger partial charge on any atom is -0.481 e. The van der Waals surface area contributed by atoms with Crippen LogP contribution >= 0.6 is 0 Å². The maximum atomic E-state index is 10.6. The van der Waals surface area contributed by atoms with Crippen LogP contribution in [0.5, 0.6) is 0 Å². The van der Waals surface area contributed by atoms with Gasteiger partial charge >= 0.3 is 17.9 Å². The largest absolute Gasteiger partial charge is 0.481 e. The average Bonchev–Trinajstić information content (AvgIpc) is 2.72. The Balaban J connectivity index is -0.0000000189. The van der Waals surface area contributed by atoms with Gasteiger partial charge in [0.2, 0.25) is 0 Å². The number of rotatable bonds is 12. The molecule has 0 spiro atoms. The third-order valence-corrected chi connectivity index (χ3v) is 3.77. The molecule has 3 unspecified atom stereocenters. The van der Waals surface area contributed by atoms with Crippen molar-refractivity contribution >= 4 is 17.9 Å². The molecule has 0 amide bonds. The summed E-state index contributed by atoms with van der Waals surface area (Å²) in [5.41, 5.74) is 0. The second-order valence-corrected chi connectivity index (χ2v) is 6.19. The summed E-state index contributed by atoms with van der Waals surface area (Å²) in [7, 11) is 0. The first-order valence-corrected chi connectivity index (χ1v) is 9.99. The van der Waals surface area contributed by atoms with Crippen LogP contribution in [-0.4, -0.2) is 48.8 Å². The van der Waals surface area contributed by atoms with Gasteiger partial charge in [-0.05, 0) is 33.1 Å². The van der Waals surface area contributed by atoms with E-state index in [0.717, 1.165) is 25.3 Å². The number of hydrogen-bond acceptors (Lipinski definition) is 7. The van der Waals surface area contributed by atoms with Crippen molar-refractivity contribution in [2.24, 2.45) is 5.92 Å². The van der Waals surface area contributed by atoms with Gasteiger partial charge in [-0.1, -0.05) is 115 Å². The van der Waals surface area contributed by atoms with Gasteiger partial charge in [0.05, 0.1) is 18.1 Å². The molecule has 254 valence electrons. The molecule has 0 bridgehead atoms. The van der Waals surface area contributed by atoms with E-state index < -0.39 is 11.9 Å². The zero-order valence-corrected chi connectivity index (χ0v) is 26.2. The van der Waals surface area contributed by atoms with Crippen LogP contribution in [-0.2, 0) is 33.3 Å². The molecule has 9 heteroatoms. The van der Waals surface area contributed by atoms with Crippen molar-refractivity contribution in [3.8, 4) is 0 Å². The average molecular weight is 848 g/mol. The number of carbonyl (C=O) groups is 3. The van der Waals surface area contributed by atoms with Crippen molar-refractivity contribution in [1.82, 2.24) is 0 Å². The number of carboxylic acid groups (broad SMARTS) is 1. The summed E-state index contributed by atoms with van der Waals surface area (Å²) in [6.45, 7) is 16.5. The maximum absolute atomic E-state index is 10.6. The number of carboxylic acids is 1. The molecule has 0 aliphatic rings. The van der Waals surface area contributed by atoms with Gasteiger partial charge in [-0.15, -0.1) is 0 Å². The standard InChI is InChI=1S/C8H16O3.C8H14O3.C5H10O2.10CH4.Rf/c2*1-4-7(3)10-6-11-8(9)5-2;1-3-4(2)5(6)7;;;;;;;;;;;/h7H,4-6H2,1-3H3;5,7H,2,4,6H2,1,3H3;4H,3H2,1-2H3,(H,6,7);10*1H4;. The van der Waals surface area contributed by atoms with Crippen molar-refractivity contribution in [2.75, 3.05) is 13.6 Å². The minimum absolute atomic E-state index is 0. The molecule has 0 fully saturated rings. The zero-order valence-electron chi connectivity index (χ0n) is 19.8. The molecule has 0 aliphatic heterocycles. The SMILES string of the molecule is C.C.C.C.C.C.C.C.C.C.C=CC(=O)OCOC(C)CC.CCC(=O)OCOC(C)CC.CCC(C)C(=O)O.[Rf]. The molecule has 0 aromatic rings. The van der Waals surface area contributed by atoms with Crippen LogP contribution in [0.15, 0.2) is 12.7 Å². The molecule has 0 saturated carbocycles. The van der Waals surface area contributed by atoms with E-state index in [1.807, 2.05) is 34.6 Å². The molecule has 0 heterocycles. The first-order chi connectivity index (χ1) is 13.6. The van der Waals surface area contributed by atoms with Crippen LogP contribution in [0.25, 0.3) is 0 Å². The Labute approximate surface area is 249 Å². The van der Waals surface area contributed by atoms with Crippen LogP contribution in [0.3, 0.4) is 0 Å². The van der Waals surface area contributed by atoms with Gasteiger partial charge in [-0.3, -0.25) is 9.59 Å². The second-order valence-electron chi connectivity index (χ2n) is 6.19. The molecule has 0 radical (unpaired) electrons. The fourth-order valence-corrected chi connectivity index (χ4v) is 0.995. The van der Waals surface area contributed by atoms with Gasteiger partial charge in [0.15, 0.2) is 13.6 Å². The van der Waals surface area contributed by atoms with Crippen molar-refractivity contribution < 1.29 is 38.4 Å². The van der Waals surface area contributed by atoms with Gasteiger partial charge in [0.1, 0.15) is 0 Å². The predicted octanol–water partition coefficient (Wildman–Crippen LogP) is 10.7. The Morgan fingerprint density at radius 2 is 1.00 bits per heavy atom. The molecule has 0 aromatic heterocycles. The Hall–Kier alpha value is -2.93. The third-order valence-electron chi connectivity index (χ3n) is 3.77. The number of aliphatic carboxylic acids is 1. The summed E-state index contributed by atoms with van der Waals surface area (Å²) in [6, 6.07) is 0. The summed E-state index contributed by atoms with van der Waals surface area (Å²) >= 11 is 0. The fraction of sp³-hybridized carbons (Fsp3) is 0.839. The van der Waals surface area contributed by atoms with Crippen molar-refractivity contribution in [1.29, 1.82) is 0 Å². The molecule has 1 N–H and O–H groups in total.